The Hall–Kier alpha value is -4.09. The number of aromatic nitrogens is 2. The van der Waals surface area contributed by atoms with E-state index in [2.05, 4.69) is 77.9 Å². The summed E-state index contributed by atoms with van der Waals surface area (Å²) in [5.74, 6) is -0.189. The number of nitrogens with zero attached hydrogens (tertiary/aromatic N) is 2. The highest BCUT2D eigenvalue weighted by Crippen LogP contribution is 2.48. The molecule has 0 saturated heterocycles. The second-order valence-corrected chi connectivity index (χ2v) is 10.6. The Kier molecular flexibility index (Phi) is 6.15. The number of hydrogen-bond donors (Lipinski definition) is 1. The molecule has 6 rings (SSSR count). The molecule has 5 aromatic rings. The molecule has 0 spiro atoms. The number of benzene rings is 3. The molecule has 0 saturated carbocycles. The fraction of sp³-hybridized carbons (Fsp3) is 0.156. The minimum absolute atomic E-state index is 0.0187. The van der Waals surface area contributed by atoms with Crippen LogP contribution in [0.4, 0.5) is 5.13 Å². The molecule has 3 aromatic carbocycles. The lowest BCUT2D eigenvalue weighted by molar-refractivity contribution is -0.121. The highest BCUT2D eigenvalue weighted by Gasteiger charge is 2.47. The van der Waals surface area contributed by atoms with Crippen LogP contribution < -0.4 is 5.32 Å². The van der Waals surface area contributed by atoms with Gasteiger partial charge in [0.05, 0.1) is 11.6 Å². The SMILES string of the molecule is C[C@@]1(c2ccccc2)c2ccccc2C[C@@H]1C(=O)Nc1nc(Cc2ccc(-c3ccncc3)cc2)cs1. The van der Waals surface area contributed by atoms with Gasteiger partial charge in [0.2, 0.25) is 5.91 Å². The molecular formula is C32H27N3OS. The van der Waals surface area contributed by atoms with Crippen molar-refractivity contribution in [1.29, 1.82) is 0 Å². The summed E-state index contributed by atoms with van der Waals surface area (Å²) in [4.78, 5) is 22.5. The Balaban J connectivity index is 1.18. The third kappa shape index (κ3) is 4.47. The van der Waals surface area contributed by atoms with Gasteiger partial charge >= 0.3 is 0 Å². The van der Waals surface area contributed by atoms with Crippen molar-refractivity contribution in [3.8, 4) is 11.1 Å². The maximum Gasteiger partial charge on any atom is 0.230 e. The molecule has 1 N–H and O–H groups in total. The van der Waals surface area contributed by atoms with E-state index in [1.54, 1.807) is 12.4 Å². The van der Waals surface area contributed by atoms with Gasteiger partial charge in [-0.15, -0.1) is 11.3 Å². The molecule has 1 aliphatic rings. The zero-order chi connectivity index (χ0) is 25.2. The lowest BCUT2D eigenvalue weighted by atomic mass is 9.71. The number of carbonyl (C=O) groups is 1. The Labute approximate surface area is 221 Å². The molecular weight excluding hydrogens is 474 g/mol. The quantitative estimate of drug-likeness (QED) is 0.275. The van der Waals surface area contributed by atoms with Crippen LogP contribution in [0.3, 0.4) is 0 Å². The van der Waals surface area contributed by atoms with Crippen molar-refractivity contribution in [2.24, 2.45) is 5.92 Å². The van der Waals surface area contributed by atoms with E-state index in [9.17, 15) is 4.79 Å². The molecule has 0 fully saturated rings. The molecule has 0 unspecified atom stereocenters. The van der Waals surface area contributed by atoms with Crippen molar-refractivity contribution in [2.75, 3.05) is 5.32 Å². The molecule has 2 atom stereocenters. The number of carbonyl (C=O) groups excluding carboxylic acids is 1. The van der Waals surface area contributed by atoms with Crippen molar-refractivity contribution >= 4 is 22.4 Å². The number of rotatable bonds is 6. The van der Waals surface area contributed by atoms with Crippen molar-refractivity contribution in [1.82, 2.24) is 9.97 Å². The average molecular weight is 502 g/mol. The van der Waals surface area contributed by atoms with Gasteiger partial charge in [-0.25, -0.2) is 4.98 Å². The third-order valence-electron chi connectivity index (χ3n) is 7.52. The van der Waals surface area contributed by atoms with E-state index in [1.165, 1.54) is 28.0 Å². The molecule has 37 heavy (non-hydrogen) atoms. The van der Waals surface area contributed by atoms with Gasteiger partial charge < -0.3 is 5.32 Å². The van der Waals surface area contributed by atoms with Crippen LogP contribution in [0, 0.1) is 5.92 Å². The number of nitrogens with one attached hydrogen (secondary N) is 1. The van der Waals surface area contributed by atoms with Crippen LogP contribution in [-0.2, 0) is 23.1 Å². The molecule has 2 heterocycles. The molecule has 5 heteroatoms. The highest BCUT2D eigenvalue weighted by molar-refractivity contribution is 7.13. The lowest BCUT2D eigenvalue weighted by Crippen LogP contribution is -2.38. The summed E-state index contributed by atoms with van der Waals surface area (Å²) >= 11 is 1.49. The summed E-state index contributed by atoms with van der Waals surface area (Å²) in [6.45, 7) is 2.20. The van der Waals surface area contributed by atoms with E-state index in [-0.39, 0.29) is 11.8 Å². The standard InChI is InChI=1S/C32H27N3OS/c1-32(26-8-3-2-4-9-26)28-10-6-5-7-25(28)20-29(32)30(36)35-31-34-27(21-37-31)19-22-11-13-23(14-12-22)24-15-17-33-18-16-24/h2-18,21,29H,19-20H2,1H3,(H,34,35,36)/t29-,32-/m1/s1. The molecule has 0 radical (unpaired) electrons. The van der Waals surface area contributed by atoms with Crippen LogP contribution in [0.5, 0.6) is 0 Å². The zero-order valence-electron chi connectivity index (χ0n) is 20.6. The Morgan fingerprint density at radius 2 is 1.62 bits per heavy atom. The molecule has 0 aliphatic heterocycles. The minimum Gasteiger partial charge on any atom is -0.302 e. The maximum atomic E-state index is 13.7. The Morgan fingerprint density at radius 3 is 2.41 bits per heavy atom. The van der Waals surface area contributed by atoms with Crippen LogP contribution >= 0.6 is 11.3 Å². The van der Waals surface area contributed by atoms with Crippen molar-refractivity contribution in [3.63, 3.8) is 0 Å². The number of hydrogen-bond acceptors (Lipinski definition) is 4. The topological polar surface area (TPSA) is 54.9 Å². The first kappa shape index (κ1) is 23.3. The minimum atomic E-state index is -0.390. The molecule has 1 aliphatic carbocycles. The van der Waals surface area contributed by atoms with Crippen LogP contribution in [-0.4, -0.2) is 15.9 Å². The number of amides is 1. The number of anilines is 1. The summed E-state index contributed by atoms with van der Waals surface area (Å²) < 4.78 is 0. The molecule has 2 aromatic heterocycles. The van der Waals surface area contributed by atoms with E-state index < -0.39 is 5.41 Å². The second kappa shape index (κ2) is 9.75. The molecule has 0 bridgehead atoms. The van der Waals surface area contributed by atoms with E-state index in [0.717, 1.165) is 35.2 Å². The molecule has 182 valence electrons. The van der Waals surface area contributed by atoms with Crippen LogP contribution in [0.15, 0.2) is 109 Å². The van der Waals surface area contributed by atoms with Gasteiger partial charge in [0, 0.05) is 29.6 Å². The van der Waals surface area contributed by atoms with Gasteiger partial charge in [-0.05, 0) is 51.9 Å². The summed E-state index contributed by atoms with van der Waals surface area (Å²) in [6.07, 6.45) is 5.05. The van der Waals surface area contributed by atoms with Gasteiger partial charge in [-0.1, -0.05) is 85.8 Å². The molecule has 4 nitrogen and oxygen atoms in total. The largest absolute Gasteiger partial charge is 0.302 e. The van der Waals surface area contributed by atoms with Crippen molar-refractivity contribution in [3.05, 3.63) is 137 Å². The number of pyridine rings is 1. The predicted molar refractivity (Wildman–Crippen MR) is 150 cm³/mol. The number of fused-ring (bicyclic) bond motifs is 1. The van der Waals surface area contributed by atoms with Gasteiger partial charge in [0.15, 0.2) is 5.13 Å². The fourth-order valence-electron chi connectivity index (χ4n) is 5.52. The van der Waals surface area contributed by atoms with E-state index in [4.69, 9.17) is 4.98 Å². The monoisotopic (exact) mass is 501 g/mol. The van der Waals surface area contributed by atoms with Gasteiger partial charge in [0.1, 0.15) is 0 Å². The van der Waals surface area contributed by atoms with Gasteiger partial charge in [-0.2, -0.15) is 0 Å². The smallest absolute Gasteiger partial charge is 0.230 e. The maximum absolute atomic E-state index is 13.7. The molecule has 1 amide bonds. The van der Waals surface area contributed by atoms with Crippen molar-refractivity contribution in [2.45, 2.75) is 25.2 Å². The van der Waals surface area contributed by atoms with Crippen LogP contribution in [0.2, 0.25) is 0 Å². The zero-order valence-corrected chi connectivity index (χ0v) is 21.4. The first-order valence-corrected chi connectivity index (χ1v) is 13.4. The van der Waals surface area contributed by atoms with E-state index in [0.29, 0.717) is 5.13 Å². The fourth-order valence-corrected chi connectivity index (χ4v) is 6.23. The Morgan fingerprint density at radius 1 is 0.919 bits per heavy atom. The summed E-state index contributed by atoms with van der Waals surface area (Å²) in [7, 11) is 0. The lowest BCUT2D eigenvalue weighted by Gasteiger charge is -2.32. The summed E-state index contributed by atoms with van der Waals surface area (Å²) in [5.41, 5.74) is 7.70. The van der Waals surface area contributed by atoms with E-state index >= 15 is 0 Å². The van der Waals surface area contributed by atoms with Crippen LogP contribution in [0.25, 0.3) is 11.1 Å². The van der Waals surface area contributed by atoms with Crippen molar-refractivity contribution < 1.29 is 4.79 Å². The number of thiazole rings is 1. The van der Waals surface area contributed by atoms with Gasteiger partial charge in [-0.3, -0.25) is 9.78 Å². The normalized spacial score (nSPS) is 18.4. The van der Waals surface area contributed by atoms with Crippen LogP contribution in [0.1, 0.15) is 34.9 Å². The highest BCUT2D eigenvalue weighted by atomic mass is 32.1. The summed E-state index contributed by atoms with van der Waals surface area (Å²) in [5, 5.41) is 5.83. The average Bonchev–Trinajstić information content (AvgIpc) is 3.52. The second-order valence-electron chi connectivity index (χ2n) is 9.73. The first-order chi connectivity index (χ1) is 18.1. The third-order valence-corrected chi connectivity index (χ3v) is 8.33. The summed E-state index contributed by atoms with van der Waals surface area (Å²) in [6, 6.07) is 31.3. The van der Waals surface area contributed by atoms with E-state index in [1.807, 2.05) is 35.7 Å². The first-order valence-electron chi connectivity index (χ1n) is 12.5. The van der Waals surface area contributed by atoms with Gasteiger partial charge in [0.25, 0.3) is 0 Å². The predicted octanol–water partition coefficient (Wildman–Crippen LogP) is 6.91. The Bertz CT molecular complexity index is 1530.